The van der Waals surface area contributed by atoms with Crippen LogP contribution in [0.2, 0.25) is 0 Å². The Hall–Kier alpha value is -1.71. The van der Waals surface area contributed by atoms with Crippen molar-refractivity contribution in [2.24, 2.45) is 15.2 Å². The van der Waals surface area contributed by atoms with Gasteiger partial charge in [0.2, 0.25) is 0 Å². The van der Waals surface area contributed by atoms with Crippen LogP contribution in [0.1, 0.15) is 5.69 Å². The molecule has 1 aromatic heterocycles. The van der Waals surface area contributed by atoms with Gasteiger partial charge in [-0.25, -0.2) is 4.99 Å². The fourth-order valence-electron chi connectivity index (χ4n) is 1.04. The maximum Gasteiger partial charge on any atom is 0.137 e. The number of azo groups is 1. The third kappa shape index (κ3) is 1.32. The molecular weight excluding hydrogens is 152 g/mol. The minimum Gasteiger partial charge on any atom is -0.324 e. The lowest BCUT2D eigenvalue weighted by Gasteiger charge is -1.97. The van der Waals surface area contributed by atoms with Crippen LogP contribution >= 0.6 is 0 Å². The summed E-state index contributed by atoms with van der Waals surface area (Å²) in [6.07, 6.45) is 6.96. The minimum atomic E-state index is 0.601. The van der Waals surface area contributed by atoms with Crippen molar-refractivity contribution in [2.75, 3.05) is 0 Å². The van der Waals surface area contributed by atoms with Crippen molar-refractivity contribution in [3.63, 3.8) is 0 Å². The van der Waals surface area contributed by atoms with Crippen LogP contribution in [0.3, 0.4) is 0 Å². The highest BCUT2D eigenvalue weighted by Gasteiger charge is 1.96. The van der Waals surface area contributed by atoms with E-state index in [1.165, 1.54) is 6.34 Å². The predicted molar refractivity (Wildman–Crippen MR) is 46.8 cm³/mol. The Balaban J connectivity index is 2.40. The lowest BCUT2D eigenvalue weighted by Crippen LogP contribution is -1.90. The first kappa shape index (κ1) is 6.97. The molecule has 0 N–H and O–H groups in total. The lowest BCUT2D eigenvalue weighted by atomic mass is 10.4. The summed E-state index contributed by atoms with van der Waals surface area (Å²) in [6.45, 7) is 0.601. The van der Waals surface area contributed by atoms with E-state index in [-0.39, 0.29) is 0 Å². The molecule has 4 heteroatoms. The van der Waals surface area contributed by atoms with Gasteiger partial charge < -0.3 is 4.57 Å². The molecule has 0 spiro atoms. The Morgan fingerprint density at radius 2 is 2.42 bits per heavy atom. The molecule has 0 aliphatic carbocycles. The standard InChI is InChI=1S/C8H8N4/c1-2-8-6-10-11-7-9-3-5-12(8)4-1/h1-5,7H,6H2/b5-3+,9-7?,11-10?. The SMILES string of the molecule is C1=N/C=C/n2cccc2CN=N1. The summed E-state index contributed by atoms with van der Waals surface area (Å²) >= 11 is 0. The van der Waals surface area contributed by atoms with Crippen LogP contribution < -0.4 is 0 Å². The quantitative estimate of drug-likeness (QED) is 0.556. The number of aromatic nitrogens is 1. The van der Waals surface area contributed by atoms with Crippen molar-refractivity contribution in [3.8, 4) is 0 Å². The summed E-state index contributed by atoms with van der Waals surface area (Å²) < 4.78 is 1.97. The van der Waals surface area contributed by atoms with Crippen LogP contribution in [0.15, 0.2) is 39.8 Å². The third-order valence-corrected chi connectivity index (χ3v) is 1.61. The van der Waals surface area contributed by atoms with Gasteiger partial charge >= 0.3 is 0 Å². The Bertz CT molecular complexity index is 346. The summed E-state index contributed by atoms with van der Waals surface area (Å²) in [5.74, 6) is 0. The van der Waals surface area contributed by atoms with Crippen LogP contribution in [-0.2, 0) is 6.54 Å². The molecule has 0 unspecified atom stereocenters. The van der Waals surface area contributed by atoms with Gasteiger partial charge in [0.15, 0.2) is 0 Å². The molecule has 0 atom stereocenters. The average Bonchev–Trinajstić information content (AvgIpc) is 2.50. The van der Waals surface area contributed by atoms with Crippen LogP contribution in [-0.4, -0.2) is 10.9 Å². The van der Waals surface area contributed by atoms with Crippen molar-refractivity contribution < 1.29 is 0 Å². The number of hydrogen-bond acceptors (Lipinski definition) is 3. The number of nitrogens with zero attached hydrogens (tertiary/aromatic N) is 4. The molecule has 12 heavy (non-hydrogen) atoms. The number of rotatable bonds is 0. The molecule has 0 aromatic carbocycles. The second-order valence-corrected chi connectivity index (χ2v) is 2.38. The highest BCUT2D eigenvalue weighted by molar-refractivity contribution is 5.56. The Kier molecular flexibility index (Phi) is 1.82. The van der Waals surface area contributed by atoms with Crippen molar-refractivity contribution in [3.05, 3.63) is 30.2 Å². The number of hydrogen-bond donors (Lipinski definition) is 0. The molecule has 0 saturated heterocycles. The number of aliphatic imine (C=N–C) groups is 1. The normalized spacial score (nSPS) is 17.7. The van der Waals surface area contributed by atoms with Gasteiger partial charge in [-0.3, -0.25) is 0 Å². The van der Waals surface area contributed by atoms with Gasteiger partial charge in [-0.2, -0.15) is 5.11 Å². The van der Waals surface area contributed by atoms with Crippen LogP contribution in [0.5, 0.6) is 0 Å². The van der Waals surface area contributed by atoms with Gasteiger partial charge in [-0.1, -0.05) is 0 Å². The Morgan fingerprint density at radius 1 is 1.42 bits per heavy atom. The minimum absolute atomic E-state index is 0.601. The molecule has 0 bridgehead atoms. The molecule has 0 amide bonds. The van der Waals surface area contributed by atoms with E-state index in [4.69, 9.17) is 0 Å². The molecule has 1 aromatic rings. The van der Waals surface area contributed by atoms with Crippen molar-refractivity contribution in [1.29, 1.82) is 0 Å². The maximum atomic E-state index is 3.92. The second kappa shape index (κ2) is 3.13. The monoisotopic (exact) mass is 160 g/mol. The summed E-state index contributed by atoms with van der Waals surface area (Å²) in [5.41, 5.74) is 1.11. The summed E-state index contributed by atoms with van der Waals surface area (Å²) in [7, 11) is 0. The predicted octanol–water partition coefficient (Wildman–Crippen LogP) is 1.91. The molecular formula is C8H8N4. The van der Waals surface area contributed by atoms with Gasteiger partial charge in [0, 0.05) is 24.3 Å². The molecule has 0 saturated carbocycles. The smallest absolute Gasteiger partial charge is 0.137 e. The van der Waals surface area contributed by atoms with Crippen molar-refractivity contribution in [1.82, 2.24) is 4.57 Å². The zero-order chi connectivity index (χ0) is 8.23. The third-order valence-electron chi connectivity index (χ3n) is 1.61. The fraction of sp³-hybridized carbons (Fsp3) is 0.125. The molecule has 1 aliphatic heterocycles. The molecule has 2 heterocycles. The summed E-state index contributed by atoms with van der Waals surface area (Å²) in [4.78, 5) is 3.88. The molecule has 2 rings (SSSR count). The lowest BCUT2D eigenvalue weighted by molar-refractivity contribution is 0.901. The van der Waals surface area contributed by atoms with Crippen molar-refractivity contribution >= 4 is 12.5 Å². The van der Waals surface area contributed by atoms with Crippen LogP contribution in [0, 0.1) is 0 Å². The summed E-state index contributed by atoms with van der Waals surface area (Å²) in [5, 5.41) is 7.66. The molecule has 1 aliphatic rings. The molecule has 0 fully saturated rings. The van der Waals surface area contributed by atoms with Gasteiger partial charge in [-0.05, 0) is 12.1 Å². The average molecular weight is 160 g/mol. The van der Waals surface area contributed by atoms with Gasteiger partial charge in [0.05, 0.1) is 0 Å². The van der Waals surface area contributed by atoms with Crippen LogP contribution in [0.4, 0.5) is 0 Å². The Labute approximate surface area is 70.0 Å². The molecule has 0 radical (unpaired) electrons. The maximum absolute atomic E-state index is 3.92. The van der Waals surface area contributed by atoms with E-state index in [9.17, 15) is 0 Å². The van der Waals surface area contributed by atoms with E-state index in [2.05, 4.69) is 15.2 Å². The zero-order valence-corrected chi connectivity index (χ0v) is 6.46. The highest BCUT2D eigenvalue weighted by atomic mass is 15.1. The van der Waals surface area contributed by atoms with E-state index >= 15 is 0 Å². The zero-order valence-electron chi connectivity index (χ0n) is 6.46. The molecule has 4 nitrogen and oxygen atoms in total. The molecule has 60 valence electrons. The number of fused-ring (bicyclic) bond motifs is 1. The van der Waals surface area contributed by atoms with E-state index in [0.717, 1.165) is 5.69 Å². The Morgan fingerprint density at radius 3 is 3.42 bits per heavy atom. The first-order chi connectivity index (χ1) is 5.97. The first-order valence-corrected chi connectivity index (χ1v) is 3.67. The summed E-state index contributed by atoms with van der Waals surface area (Å²) in [6, 6.07) is 3.98. The second-order valence-electron chi connectivity index (χ2n) is 2.38. The van der Waals surface area contributed by atoms with Crippen molar-refractivity contribution in [2.45, 2.75) is 6.54 Å². The first-order valence-electron chi connectivity index (χ1n) is 3.67. The van der Waals surface area contributed by atoms with E-state index in [1.54, 1.807) is 6.20 Å². The van der Waals surface area contributed by atoms with Gasteiger partial charge in [-0.15, -0.1) is 5.11 Å². The van der Waals surface area contributed by atoms with Gasteiger partial charge in [0.1, 0.15) is 12.9 Å². The van der Waals surface area contributed by atoms with E-state index < -0.39 is 0 Å². The van der Waals surface area contributed by atoms with E-state index in [0.29, 0.717) is 6.54 Å². The fourth-order valence-corrected chi connectivity index (χ4v) is 1.04. The van der Waals surface area contributed by atoms with E-state index in [1.807, 2.05) is 29.1 Å². The van der Waals surface area contributed by atoms with Crippen LogP contribution in [0.25, 0.3) is 6.20 Å². The largest absolute Gasteiger partial charge is 0.324 e. The topological polar surface area (TPSA) is 42.0 Å². The van der Waals surface area contributed by atoms with Gasteiger partial charge in [0.25, 0.3) is 0 Å². The highest BCUT2D eigenvalue weighted by Crippen LogP contribution is 2.05.